The summed E-state index contributed by atoms with van der Waals surface area (Å²) in [7, 11) is 0. The van der Waals surface area contributed by atoms with Gasteiger partial charge in [0.2, 0.25) is 0 Å². The van der Waals surface area contributed by atoms with Crippen LogP contribution in [0.5, 0.6) is 0 Å². The maximum absolute atomic E-state index is 14.2. The first-order valence-corrected chi connectivity index (χ1v) is 8.79. The average Bonchev–Trinajstić information content (AvgIpc) is 3.16. The second kappa shape index (κ2) is 7.90. The van der Waals surface area contributed by atoms with Crippen LogP contribution in [0.3, 0.4) is 0 Å². The smallest absolute Gasteiger partial charge is 0.272 e. The van der Waals surface area contributed by atoms with Crippen molar-refractivity contribution in [2.45, 2.75) is 13.3 Å². The molecule has 0 aliphatic heterocycles. The summed E-state index contributed by atoms with van der Waals surface area (Å²) in [6.45, 7) is 1.92. The zero-order chi connectivity index (χ0) is 19.6. The number of carbonyl (C=O) groups excluding carboxylic acids is 2. The number of aryl methyl sites for hydroxylation is 1. The Morgan fingerprint density at radius 3 is 2.70 bits per heavy atom. The van der Waals surface area contributed by atoms with Crippen LogP contribution >= 0.6 is 23.2 Å². The second-order valence-corrected chi connectivity index (χ2v) is 6.47. The van der Waals surface area contributed by atoms with Crippen molar-refractivity contribution >= 4 is 40.6 Å². The number of hydrogen-bond acceptors (Lipinski definition) is 3. The van der Waals surface area contributed by atoms with Crippen LogP contribution in [0.1, 0.15) is 39.0 Å². The number of rotatable bonds is 5. The van der Waals surface area contributed by atoms with Gasteiger partial charge in [-0.05, 0) is 36.8 Å². The lowest BCUT2D eigenvalue weighted by molar-refractivity contribution is 0.102. The van der Waals surface area contributed by atoms with E-state index in [1.165, 1.54) is 24.4 Å². The highest BCUT2D eigenvalue weighted by Crippen LogP contribution is 2.28. The average molecular weight is 406 g/mol. The number of pyridine rings is 1. The van der Waals surface area contributed by atoms with Crippen molar-refractivity contribution in [3.05, 3.63) is 81.1 Å². The number of halogens is 3. The number of ketones is 1. The number of aromatic amines is 1. The van der Waals surface area contributed by atoms with Crippen molar-refractivity contribution in [1.29, 1.82) is 0 Å². The van der Waals surface area contributed by atoms with Crippen LogP contribution in [-0.2, 0) is 6.42 Å². The summed E-state index contributed by atoms with van der Waals surface area (Å²) in [5.74, 6) is -2.02. The number of carbonyl (C=O) groups is 2. The molecule has 3 rings (SSSR count). The molecule has 27 heavy (non-hydrogen) atoms. The normalized spacial score (nSPS) is 10.7. The highest BCUT2D eigenvalue weighted by molar-refractivity contribution is 6.37. The van der Waals surface area contributed by atoms with E-state index in [1.54, 1.807) is 18.3 Å². The molecule has 0 aliphatic carbocycles. The van der Waals surface area contributed by atoms with Crippen molar-refractivity contribution in [2.24, 2.45) is 0 Å². The second-order valence-electron chi connectivity index (χ2n) is 5.65. The molecule has 0 radical (unpaired) electrons. The summed E-state index contributed by atoms with van der Waals surface area (Å²) < 4.78 is 14.2. The molecule has 138 valence electrons. The van der Waals surface area contributed by atoms with Crippen molar-refractivity contribution < 1.29 is 14.0 Å². The molecular weight excluding hydrogens is 392 g/mol. The molecule has 0 bridgehead atoms. The van der Waals surface area contributed by atoms with E-state index in [4.69, 9.17) is 23.2 Å². The molecule has 3 aromatic rings. The van der Waals surface area contributed by atoms with Crippen LogP contribution in [-0.4, -0.2) is 21.7 Å². The molecule has 0 fully saturated rings. The molecule has 0 aliphatic rings. The van der Waals surface area contributed by atoms with E-state index in [1.807, 2.05) is 6.92 Å². The van der Waals surface area contributed by atoms with Crippen molar-refractivity contribution in [2.75, 3.05) is 5.32 Å². The van der Waals surface area contributed by atoms with Crippen LogP contribution in [0.25, 0.3) is 0 Å². The Morgan fingerprint density at radius 1 is 1.22 bits per heavy atom. The van der Waals surface area contributed by atoms with Gasteiger partial charge in [0.05, 0.1) is 27.0 Å². The number of H-pyrrole nitrogens is 1. The van der Waals surface area contributed by atoms with Crippen molar-refractivity contribution in [3.8, 4) is 0 Å². The van der Waals surface area contributed by atoms with E-state index in [2.05, 4.69) is 15.3 Å². The number of nitrogens with one attached hydrogen (secondary N) is 2. The number of anilines is 1. The Kier molecular flexibility index (Phi) is 5.58. The number of hydrogen-bond donors (Lipinski definition) is 2. The summed E-state index contributed by atoms with van der Waals surface area (Å²) in [5, 5.41) is 2.47. The Labute approximate surface area is 164 Å². The van der Waals surface area contributed by atoms with Gasteiger partial charge in [-0.25, -0.2) is 4.39 Å². The largest absolute Gasteiger partial charge is 0.356 e. The lowest BCUT2D eigenvalue weighted by atomic mass is 10.0. The summed E-state index contributed by atoms with van der Waals surface area (Å²) in [6, 6.07) is 7.39. The van der Waals surface area contributed by atoms with E-state index in [0.29, 0.717) is 12.1 Å². The molecule has 5 nitrogen and oxygen atoms in total. The molecule has 0 saturated heterocycles. The predicted octanol–water partition coefficient (Wildman–Crippen LogP) is 4.90. The lowest BCUT2D eigenvalue weighted by Gasteiger charge is -2.07. The van der Waals surface area contributed by atoms with Gasteiger partial charge >= 0.3 is 0 Å². The Balaban J connectivity index is 1.86. The number of aromatic nitrogens is 2. The quantitative estimate of drug-likeness (QED) is 0.468. The van der Waals surface area contributed by atoms with Crippen LogP contribution < -0.4 is 5.32 Å². The summed E-state index contributed by atoms with van der Waals surface area (Å²) in [5.41, 5.74) is 1.21. The predicted molar refractivity (Wildman–Crippen MR) is 102 cm³/mol. The van der Waals surface area contributed by atoms with Gasteiger partial charge in [0.25, 0.3) is 5.91 Å². The van der Waals surface area contributed by atoms with Gasteiger partial charge in [0.1, 0.15) is 5.69 Å². The fourth-order valence-corrected chi connectivity index (χ4v) is 2.95. The lowest BCUT2D eigenvalue weighted by Crippen LogP contribution is -2.14. The van der Waals surface area contributed by atoms with E-state index < -0.39 is 17.5 Å². The third-order valence-corrected chi connectivity index (χ3v) is 4.54. The maximum Gasteiger partial charge on any atom is 0.272 e. The zero-order valence-electron chi connectivity index (χ0n) is 14.1. The molecular formula is C19H14Cl2FN3O2. The standard InChI is InChI=1S/C19H14Cl2FN3O2/c1-2-13-14(4-3-7-23-13)25-19(27)15-8-10(9-24-15)18(26)16-11(20)5-6-12(21)17(16)22/h3-9,24H,2H2,1H3,(H,25,27). The molecule has 8 heteroatoms. The Bertz CT molecular complexity index is 1030. The molecule has 1 aromatic carbocycles. The Morgan fingerprint density at radius 2 is 1.96 bits per heavy atom. The van der Waals surface area contributed by atoms with Crippen LogP contribution in [0.4, 0.5) is 10.1 Å². The van der Waals surface area contributed by atoms with E-state index in [9.17, 15) is 14.0 Å². The highest BCUT2D eigenvalue weighted by atomic mass is 35.5. The van der Waals surface area contributed by atoms with Crippen molar-refractivity contribution in [3.63, 3.8) is 0 Å². The first-order valence-electron chi connectivity index (χ1n) is 8.04. The first kappa shape index (κ1) is 19.1. The van der Waals surface area contributed by atoms with Gasteiger partial charge in [-0.1, -0.05) is 30.1 Å². The van der Waals surface area contributed by atoms with Crippen LogP contribution in [0, 0.1) is 5.82 Å². The fraction of sp³-hybridized carbons (Fsp3) is 0.105. The van der Waals surface area contributed by atoms with Gasteiger partial charge in [-0.15, -0.1) is 0 Å². The fourth-order valence-electron chi connectivity index (χ4n) is 2.56. The molecule has 0 unspecified atom stereocenters. The molecule has 2 aromatic heterocycles. The van der Waals surface area contributed by atoms with E-state index in [-0.39, 0.29) is 26.9 Å². The minimum Gasteiger partial charge on any atom is -0.356 e. The van der Waals surface area contributed by atoms with Gasteiger partial charge in [0.15, 0.2) is 11.6 Å². The van der Waals surface area contributed by atoms with E-state index >= 15 is 0 Å². The Hall–Kier alpha value is -2.70. The SMILES string of the molecule is CCc1ncccc1NC(=O)c1cc(C(=O)c2c(Cl)ccc(Cl)c2F)c[nH]1. The monoisotopic (exact) mass is 405 g/mol. The van der Waals surface area contributed by atoms with Crippen LogP contribution in [0.15, 0.2) is 42.7 Å². The third kappa shape index (κ3) is 3.86. The van der Waals surface area contributed by atoms with Gasteiger partial charge < -0.3 is 10.3 Å². The van der Waals surface area contributed by atoms with E-state index in [0.717, 1.165) is 5.69 Å². The number of benzene rings is 1. The van der Waals surface area contributed by atoms with Gasteiger partial charge in [-0.3, -0.25) is 14.6 Å². The summed E-state index contributed by atoms with van der Waals surface area (Å²) in [6.07, 6.45) is 3.61. The highest BCUT2D eigenvalue weighted by Gasteiger charge is 2.22. The number of nitrogens with zero attached hydrogens (tertiary/aromatic N) is 1. The minimum atomic E-state index is -0.899. The van der Waals surface area contributed by atoms with Crippen molar-refractivity contribution in [1.82, 2.24) is 9.97 Å². The number of amides is 1. The van der Waals surface area contributed by atoms with Gasteiger partial charge in [-0.2, -0.15) is 0 Å². The first-order chi connectivity index (χ1) is 12.9. The molecule has 0 atom stereocenters. The molecule has 1 amide bonds. The molecule has 2 N–H and O–H groups in total. The summed E-state index contributed by atoms with van der Waals surface area (Å²) in [4.78, 5) is 31.9. The molecule has 0 saturated carbocycles. The summed E-state index contributed by atoms with van der Waals surface area (Å²) >= 11 is 11.7. The zero-order valence-corrected chi connectivity index (χ0v) is 15.7. The molecule has 2 heterocycles. The van der Waals surface area contributed by atoms with Gasteiger partial charge in [0, 0.05) is 18.0 Å². The topological polar surface area (TPSA) is 74.8 Å². The minimum absolute atomic E-state index is 0.0583. The van der Waals surface area contributed by atoms with Crippen LogP contribution in [0.2, 0.25) is 10.0 Å². The third-order valence-electron chi connectivity index (χ3n) is 3.93. The maximum atomic E-state index is 14.2. The molecule has 0 spiro atoms.